The van der Waals surface area contributed by atoms with Crippen LogP contribution in [-0.2, 0) is 6.54 Å². The summed E-state index contributed by atoms with van der Waals surface area (Å²) in [6, 6.07) is 2.05. The van der Waals surface area contributed by atoms with Crippen molar-refractivity contribution in [1.82, 2.24) is 0 Å². The van der Waals surface area contributed by atoms with Gasteiger partial charge in [-0.05, 0) is 12.1 Å². The highest BCUT2D eigenvalue weighted by atomic mass is 35.5. The monoisotopic (exact) mass is 231 g/mol. The third-order valence-corrected chi connectivity index (χ3v) is 1.98. The molecule has 2 N–H and O–H groups in total. The second-order valence-electron chi connectivity index (χ2n) is 2.76. The summed E-state index contributed by atoms with van der Waals surface area (Å²) in [4.78, 5) is 20.1. The van der Waals surface area contributed by atoms with E-state index in [1.807, 2.05) is 0 Å². The first-order valence-corrected chi connectivity index (χ1v) is 4.16. The first kappa shape index (κ1) is 11.3. The minimum Gasteiger partial charge on any atom is -0.506 e. The van der Waals surface area contributed by atoms with Gasteiger partial charge in [-0.2, -0.15) is 0 Å². The number of phenolic OH excluding ortho intramolecular Hbond substituents is 1. The third-order valence-electron chi connectivity index (χ3n) is 1.69. The molecule has 1 aromatic carbocycles. The minimum absolute atomic E-state index is 0.120. The van der Waals surface area contributed by atoms with Gasteiger partial charge >= 0.3 is 5.97 Å². The molecule has 0 aliphatic heterocycles. The van der Waals surface area contributed by atoms with Crippen molar-refractivity contribution in [1.29, 1.82) is 0 Å². The molecule has 0 aliphatic rings. The lowest BCUT2D eigenvalue weighted by Gasteiger charge is -2.04. The summed E-state index contributed by atoms with van der Waals surface area (Å²) < 4.78 is 0. The Morgan fingerprint density at radius 1 is 1.53 bits per heavy atom. The highest BCUT2D eigenvalue weighted by Crippen LogP contribution is 2.29. The third kappa shape index (κ3) is 2.57. The van der Waals surface area contributed by atoms with Crippen molar-refractivity contribution in [3.8, 4) is 5.75 Å². The number of nitro groups is 1. The summed E-state index contributed by atoms with van der Waals surface area (Å²) >= 11 is 5.51. The topological polar surface area (TPSA) is 101 Å². The van der Waals surface area contributed by atoms with Crippen LogP contribution in [0.5, 0.6) is 5.75 Å². The zero-order valence-corrected chi connectivity index (χ0v) is 8.06. The maximum Gasteiger partial charge on any atom is 0.335 e. The van der Waals surface area contributed by atoms with Gasteiger partial charge in [0.2, 0.25) is 6.54 Å². The number of hydrogen-bond acceptors (Lipinski definition) is 4. The lowest BCUT2D eigenvalue weighted by Crippen LogP contribution is -2.03. The quantitative estimate of drug-likeness (QED) is 0.607. The molecule has 0 aromatic heterocycles. The highest BCUT2D eigenvalue weighted by molar-refractivity contribution is 6.32. The van der Waals surface area contributed by atoms with Crippen LogP contribution in [0.3, 0.4) is 0 Å². The Labute approximate surface area is 88.9 Å². The van der Waals surface area contributed by atoms with Crippen LogP contribution in [-0.4, -0.2) is 21.1 Å². The normalized spacial score (nSPS) is 9.93. The van der Waals surface area contributed by atoms with E-state index in [1.54, 1.807) is 0 Å². The van der Waals surface area contributed by atoms with Crippen molar-refractivity contribution in [3.05, 3.63) is 38.4 Å². The highest BCUT2D eigenvalue weighted by Gasteiger charge is 2.15. The number of benzene rings is 1. The molecule has 0 bridgehead atoms. The summed E-state index contributed by atoms with van der Waals surface area (Å²) in [6.07, 6.45) is 0. The number of aromatic carboxylic acids is 1. The Morgan fingerprint density at radius 3 is 2.60 bits per heavy atom. The summed E-state index contributed by atoms with van der Waals surface area (Å²) in [5, 5.41) is 28.0. The molecule has 7 heteroatoms. The lowest BCUT2D eigenvalue weighted by atomic mass is 10.1. The number of aromatic hydroxyl groups is 1. The van der Waals surface area contributed by atoms with Crippen molar-refractivity contribution in [2.75, 3.05) is 0 Å². The Balaban J connectivity index is 3.24. The fourth-order valence-electron chi connectivity index (χ4n) is 1.04. The molecule has 0 saturated carbocycles. The molecule has 1 rings (SSSR count). The van der Waals surface area contributed by atoms with Gasteiger partial charge < -0.3 is 10.2 Å². The van der Waals surface area contributed by atoms with E-state index in [-0.39, 0.29) is 16.1 Å². The molecule has 15 heavy (non-hydrogen) atoms. The lowest BCUT2D eigenvalue weighted by molar-refractivity contribution is -0.496. The van der Waals surface area contributed by atoms with E-state index in [9.17, 15) is 20.0 Å². The number of carbonyl (C=O) groups is 1. The zero-order valence-electron chi connectivity index (χ0n) is 7.31. The molecule has 0 heterocycles. The molecule has 0 fully saturated rings. The van der Waals surface area contributed by atoms with Gasteiger partial charge in [0.05, 0.1) is 16.1 Å². The van der Waals surface area contributed by atoms with E-state index in [2.05, 4.69) is 0 Å². The van der Waals surface area contributed by atoms with Crippen LogP contribution in [0.25, 0.3) is 0 Å². The molecule has 0 spiro atoms. The molecule has 0 radical (unpaired) electrons. The maximum atomic E-state index is 10.6. The van der Waals surface area contributed by atoms with E-state index < -0.39 is 23.2 Å². The van der Waals surface area contributed by atoms with Gasteiger partial charge in [-0.3, -0.25) is 10.1 Å². The fourth-order valence-corrected chi connectivity index (χ4v) is 1.28. The average Bonchev–Trinajstić information content (AvgIpc) is 2.11. The molecule has 0 unspecified atom stereocenters. The van der Waals surface area contributed by atoms with E-state index in [1.165, 1.54) is 0 Å². The molecular weight excluding hydrogens is 226 g/mol. The van der Waals surface area contributed by atoms with Gasteiger partial charge in [-0.25, -0.2) is 4.79 Å². The number of hydrogen-bond donors (Lipinski definition) is 2. The second kappa shape index (κ2) is 4.14. The largest absolute Gasteiger partial charge is 0.506 e. The van der Waals surface area contributed by atoms with E-state index in [0.717, 1.165) is 12.1 Å². The number of nitrogens with zero attached hydrogens (tertiary/aromatic N) is 1. The standard InChI is InChI=1S/C8H6ClNO5/c9-6-2-4(8(12)13)1-5(7(6)11)3-10(14)15/h1-2,11H,3H2,(H,12,13). The van der Waals surface area contributed by atoms with Crippen molar-refractivity contribution in [2.45, 2.75) is 6.54 Å². The van der Waals surface area contributed by atoms with Crippen LogP contribution in [0.15, 0.2) is 12.1 Å². The van der Waals surface area contributed by atoms with Crippen LogP contribution in [0.1, 0.15) is 15.9 Å². The fraction of sp³-hybridized carbons (Fsp3) is 0.125. The Kier molecular flexibility index (Phi) is 3.11. The molecular formula is C8H6ClNO5. The summed E-state index contributed by atoms with van der Waals surface area (Å²) in [5.41, 5.74) is -0.320. The molecule has 1 aromatic rings. The van der Waals surface area contributed by atoms with Gasteiger partial charge in [0, 0.05) is 4.92 Å². The maximum absolute atomic E-state index is 10.6. The van der Waals surface area contributed by atoms with Gasteiger partial charge in [-0.15, -0.1) is 0 Å². The minimum atomic E-state index is -1.26. The van der Waals surface area contributed by atoms with Crippen LogP contribution < -0.4 is 0 Å². The van der Waals surface area contributed by atoms with Crippen LogP contribution in [0.4, 0.5) is 0 Å². The Morgan fingerprint density at radius 2 is 2.13 bits per heavy atom. The molecule has 0 saturated heterocycles. The summed E-state index contributed by atoms with van der Waals surface area (Å²) in [7, 11) is 0. The Hall–Kier alpha value is -1.82. The van der Waals surface area contributed by atoms with Crippen molar-refractivity contribution in [3.63, 3.8) is 0 Å². The number of rotatable bonds is 3. The van der Waals surface area contributed by atoms with Gasteiger partial charge in [0.15, 0.2) is 0 Å². The molecule has 6 nitrogen and oxygen atoms in total. The first-order valence-electron chi connectivity index (χ1n) is 3.78. The predicted molar refractivity (Wildman–Crippen MR) is 50.8 cm³/mol. The van der Waals surface area contributed by atoms with E-state index in [4.69, 9.17) is 16.7 Å². The first-order chi connectivity index (χ1) is 6.91. The van der Waals surface area contributed by atoms with Crippen LogP contribution >= 0.6 is 11.6 Å². The number of halogens is 1. The zero-order chi connectivity index (χ0) is 11.6. The molecule has 0 amide bonds. The van der Waals surface area contributed by atoms with E-state index >= 15 is 0 Å². The van der Waals surface area contributed by atoms with E-state index in [0.29, 0.717) is 0 Å². The molecule has 0 atom stereocenters. The summed E-state index contributed by atoms with van der Waals surface area (Å²) in [6.45, 7) is -0.674. The van der Waals surface area contributed by atoms with Crippen molar-refractivity contribution < 1.29 is 19.9 Å². The van der Waals surface area contributed by atoms with Crippen molar-refractivity contribution in [2.24, 2.45) is 0 Å². The molecule has 0 aliphatic carbocycles. The van der Waals surface area contributed by atoms with Crippen molar-refractivity contribution >= 4 is 17.6 Å². The number of carboxylic acid groups (broad SMARTS) is 1. The van der Waals surface area contributed by atoms with Gasteiger partial charge in [-0.1, -0.05) is 11.6 Å². The SMILES string of the molecule is O=C(O)c1cc(Cl)c(O)c(C[N+](=O)[O-])c1. The number of phenols is 1. The average molecular weight is 232 g/mol. The second-order valence-corrected chi connectivity index (χ2v) is 3.17. The number of carboxylic acids is 1. The van der Waals surface area contributed by atoms with Gasteiger partial charge in [0.1, 0.15) is 5.75 Å². The molecule has 80 valence electrons. The van der Waals surface area contributed by atoms with Crippen LogP contribution in [0, 0.1) is 10.1 Å². The smallest absolute Gasteiger partial charge is 0.335 e. The predicted octanol–water partition coefficient (Wildman–Crippen LogP) is 1.52. The summed E-state index contributed by atoms with van der Waals surface area (Å²) in [5.74, 6) is -1.72. The Bertz CT molecular complexity index is 431. The van der Waals surface area contributed by atoms with Gasteiger partial charge in [0.25, 0.3) is 0 Å². The van der Waals surface area contributed by atoms with Crippen LogP contribution in [0.2, 0.25) is 5.02 Å².